The van der Waals surface area contributed by atoms with E-state index in [1.165, 1.54) is 12.1 Å². The number of ether oxygens (including phenoxy) is 1. The summed E-state index contributed by atoms with van der Waals surface area (Å²) < 4.78 is 18.8. The van der Waals surface area contributed by atoms with Crippen molar-refractivity contribution in [3.8, 4) is 5.75 Å². The van der Waals surface area contributed by atoms with E-state index in [4.69, 9.17) is 9.84 Å². The van der Waals surface area contributed by atoms with Crippen LogP contribution in [0.5, 0.6) is 5.75 Å². The summed E-state index contributed by atoms with van der Waals surface area (Å²) in [7, 11) is 0. The standard InChI is InChI=1S/C13H15FO3/c1-8(13(15)16)10-3-2-6-17-12-5-4-9(14)7-11(10)12/h4-5,7-8,10H,2-3,6H2,1H3,(H,15,16). The number of hydrogen-bond acceptors (Lipinski definition) is 2. The first-order chi connectivity index (χ1) is 8.09. The summed E-state index contributed by atoms with van der Waals surface area (Å²) in [5, 5.41) is 9.09. The zero-order valence-electron chi connectivity index (χ0n) is 9.65. The largest absolute Gasteiger partial charge is 0.493 e. The van der Waals surface area contributed by atoms with Crippen LogP contribution in [0.3, 0.4) is 0 Å². The predicted octanol–water partition coefficient (Wildman–Crippen LogP) is 2.80. The van der Waals surface area contributed by atoms with Gasteiger partial charge in [0.05, 0.1) is 12.5 Å². The number of hydrogen-bond donors (Lipinski definition) is 1. The summed E-state index contributed by atoms with van der Waals surface area (Å²) in [6.07, 6.45) is 1.50. The molecule has 1 aliphatic heterocycles. The lowest BCUT2D eigenvalue weighted by atomic mass is 9.84. The van der Waals surface area contributed by atoms with Gasteiger partial charge in [0.2, 0.25) is 0 Å². The van der Waals surface area contributed by atoms with Crippen LogP contribution in [0, 0.1) is 11.7 Å². The Hall–Kier alpha value is -1.58. The number of benzene rings is 1. The second-order valence-corrected chi connectivity index (χ2v) is 4.41. The molecule has 0 fully saturated rings. The van der Waals surface area contributed by atoms with E-state index in [1.807, 2.05) is 0 Å². The molecule has 0 radical (unpaired) electrons. The van der Waals surface area contributed by atoms with Crippen LogP contribution in [-0.2, 0) is 4.79 Å². The quantitative estimate of drug-likeness (QED) is 0.861. The number of carboxylic acids is 1. The Labute approximate surface area is 99.2 Å². The van der Waals surface area contributed by atoms with Gasteiger partial charge in [-0.1, -0.05) is 6.92 Å². The lowest BCUT2D eigenvalue weighted by Crippen LogP contribution is -2.18. The molecule has 0 saturated carbocycles. The van der Waals surface area contributed by atoms with Gasteiger partial charge in [0.15, 0.2) is 0 Å². The zero-order chi connectivity index (χ0) is 12.4. The van der Waals surface area contributed by atoms with Gasteiger partial charge in [-0.05, 0) is 31.0 Å². The summed E-state index contributed by atoms with van der Waals surface area (Å²) in [5.41, 5.74) is 0.678. The van der Waals surface area contributed by atoms with Gasteiger partial charge in [-0.25, -0.2) is 4.39 Å². The molecular weight excluding hydrogens is 223 g/mol. The van der Waals surface area contributed by atoms with E-state index < -0.39 is 11.9 Å². The van der Waals surface area contributed by atoms with Crippen molar-refractivity contribution in [3.63, 3.8) is 0 Å². The summed E-state index contributed by atoms with van der Waals surface area (Å²) in [5.74, 6) is -1.30. The molecule has 2 atom stereocenters. The molecule has 2 rings (SSSR count). The molecule has 3 nitrogen and oxygen atoms in total. The number of carbonyl (C=O) groups is 1. The molecule has 0 aromatic heterocycles. The van der Waals surface area contributed by atoms with Gasteiger partial charge in [0, 0.05) is 11.5 Å². The summed E-state index contributed by atoms with van der Waals surface area (Å²) in [6.45, 7) is 2.22. The highest BCUT2D eigenvalue weighted by atomic mass is 19.1. The Morgan fingerprint density at radius 2 is 2.35 bits per heavy atom. The number of aliphatic carboxylic acids is 1. The number of rotatable bonds is 2. The zero-order valence-corrected chi connectivity index (χ0v) is 9.65. The lowest BCUT2D eigenvalue weighted by Gasteiger charge is -2.20. The lowest BCUT2D eigenvalue weighted by molar-refractivity contribution is -0.141. The first kappa shape index (κ1) is 11.9. The molecular formula is C13H15FO3. The van der Waals surface area contributed by atoms with Crippen LogP contribution in [0.15, 0.2) is 18.2 Å². The minimum Gasteiger partial charge on any atom is -0.493 e. The number of fused-ring (bicyclic) bond motifs is 1. The van der Waals surface area contributed by atoms with Gasteiger partial charge in [-0.15, -0.1) is 0 Å². The van der Waals surface area contributed by atoms with Crippen LogP contribution in [0.2, 0.25) is 0 Å². The number of halogens is 1. The molecule has 92 valence electrons. The second kappa shape index (κ2) is 4.73. The maximum atomic E-state index is 13.3. The Bertz CT molecular complexity index is 431. The average Bonchev–Trinajstić information content (AvgIpc) is 2.49. The average molecular weight is 238 g/mol. The minimum atomic E-state index is -0.855. The van der Waals surface area contributed by atoms with Crippen molar-refractivity contribution >= 4 is 5.97 Å². The third-order valence-corrected chi connectivity index (χ3v) is 3.28. The first-order valence-corrected chi connectivity index (χ1v) is 5.74. The van der Waals surface area contributed by atoms with E-state index in [9.17, 15) is 9.18 Å². The fraction of sp³-hybridized carbons (Fsp3) is 0.462. The minimum absolute atomic E-state index is 0.180. The van der Waals surface area contributed by atoms with Crippen LogP contribution in [0.25, 0.3) is 0 Å². The Morgan fingerprint density at radius 3 is 3.06 bits per heavy atom. The smallest absolute Gasteiger partial charge is 0.306 e. The Morgan fingerprint density at radius 1 is 1.59 bits per heavy atom. The maximum Gasteiger partial charge on any atom is 0.306 e. The third-order valence-electron chi connectivity index (χ3n) is 3.28. The molecule has 4 heteroatoms. The van der Waals surface area contributed by atoms with Crippen molar-refractivity contribution in [2.24, 2.45) is 5.92 Å². The van der Waals surface area contributed by atoms with Crippen molar-refractivity contribution in [2.45, 2.75) is 25.7 Å². The van der Waals surface area contributed by atoms with Gasteiger partial charge >= 0.3 is 5.97 Å². The molecule has 1 N–H and O–H groups in total. The molecule has 0 spiro atoms. The molecule has 17 heavy (non-hydrogen) atoms. The third kappa shape index (κ3) is 2.40. The molecule has 1 heterocycles. The van der Waals surface area contributed by atoms with E-state index in [0.29, 0.717) is 24.3 Å². The van der Waals surface area contributed by atoms with Crippen LogP contribution in [0.1, 0.15) is 31.2 Å². The van der Waals surface area contributed by atoms with Gasteiger partial charge < -0.3 is 9.84 Å². The van der Waals surface area contributed by atoms with Crippen LogP contribution in [-0.4, -0.2) is 17.7 Å². The predicted molar refractivity (Wildman–Crippen MR) is 60.7 cm³/mol. The summed E-state index contributed by atoms with van der Waals surface area (Å²) >= 11 is 0. The van der Waals surface area contributed by atoms with Gasteiger partial charge in [0.25, 0.3) is 0 Å². The molecule has 0 bridgehead atoms. The molecule has 0 amide bonds. The highest BCUT2D eigenvalue weighted by molar-refractivity contribution is 5.71. The second-order valence-electron chi connectivity index (χ2n) is 4.41. The van der Waals surface area contributed by atoms with E-state index >= 15 is 0 Å². The molecule has 0 saturated heterocycles. The SMILES string of the molecule is CC(C(=O)O)C1CCCOc2ccc(F)cc21. The Balaban J connectivity index is 2.41. The van der Waals surface area contributed by atoms with E-state index in [2.05, 4.69) is 0 Å². The van der Waals surface area contributed by atoms with E-state index in [0.717, 1.165) is 6.42 Å². The molecule has 2 unspecified atom stereocenters. The van der Waals surface area contributed by atoms with Gasteiger partial charge in [-0.3, -0.25) is 4.79 Å². The van der Waals surface area contributed by atoms with Crippen molar-refractivity contribution < 1.29 is 19.0 Å². The molecule has 0 aliphatic carbocycles. The summed E-state index contributed by atoms with van der Waals surface area (Å²) in [4.78, 5) is 11.1. The molecule has 1 aliphatic rings. The monoisotopic (exact) mass is 238 g/mol. The summed E-state index contributed by atoms with van der Waals surface area (Å²) in [6, 6.07) is 4.31. The molecule has 1 aromatic carbocycles. The van der Waals surface area contributed by atoms with Gasteiger partial charge in [-0.2, -0.15) is 0 Å². The topological polar surface area (TPSA) is 46.5 Å². The van der Waals surface area contributed by atoms with Crippen molar-refractivity contribution in [3.05, 3.63) is 29.6 Å². The fourth-order valence-corrected chi connectivity index (χ4v) is 2.27. The maximum absolute atomic E-state index is 13.3. The van der Waals surface area contributed by atoms with Crippen molar-refractivity contribution in [1.29, 1.82) is 0 Å². The van der Waals surface area contributed by atoms with E-state index in [1.54, 1.807) is 13.0 Å². The first-order valence-electron chi connectivity index (χ1n) is 5.74. The van der Waals surface area contributed by atoms with Gasteiger partial charge in [0.1, 0.15) is 11.6 Å². The highest BCUT2D eigenvalue weighted by Gasteiger charge is 2.29. The number of carboxylic acid groups (broad SMARTS) is 1. The molecule has 1 aromatic rings. The Kier molecular flexibility index (Phi) is 3.31. The van der Waals surface area contributed by atoms with Crippen LogP contribution >= 0.6 is 0 Å². The highest BCUT2D eigenvalue weighted by Crippen LogP contribution is 2.38. The van der Waals surface area contributed by atoms with Crippen LogP contribution < -0.4 is 4.74 Å². The fourth-order valence-electron chi connectivity index (χ4n) is 2.27. The van der Waals surface area contributed by atoms with Crippen molar-refractivity contribution in [1.82, 2.24) is 0 Å². The van der Waals surface area contributed by atoms with Crippen molar-refractivity contribution in [2.75, 3.05) is 6.61 Å². The van der Waals surface area contributed by atoms with E-state index in [-0.39, 0.29) is 11.7 Å². The van der Waals surface area contributed by atoms with Crippen LogP contribution in [0.4, 0.5) is 4.39 Å². The normalized spacial score (nSPS) is 20.9.